The van der Waals surface area contributed by atoms with Crippen LogP contribution in [0.4, 0.5) is 30.5 Å². The number of hydrogen-bond donors (Lipinski definition) is 4. The summed E-state index contributed by atoms with van der Waals surface area (Å²) in [6.07, 6.45) is -0.534. The van der Waals surface area contributed by atoms with Gasteiger partial charge in [-0.2, -0.15) is 13.2 Å². The Morgan fingerprint density at radius 2 is 1.93 bits per heavy atom. The summed E-state index contributed by atoms with van der Waals surface area (Å²) in [6, 6.07) is 11.9. The van der Waals surface area contributed by atoms with Crippen LogP contribution in [0, 0.1) is 0 Å². The van der Waals surface area contributed by atoms with Crippen LogP contribution in [0.25, 0.3) is 6.08 Å². The van der Waals surface area contributed by atoms with Gasteiger partial charge in [0.2, 0.25) is 0 Å². The standard InChI is InChI=1S/C28H30ClF3N6O2/c1-27(2,3)38-26(39)18-5-4-6-20(12-18)40-23-8-7-19(13-22(23)29)37-25-21-11-17(14-33-15-28(30,31)32)9-10-34-24(21)35-16-36-25/h4-8,11-13,16,33H,9-10,14-15H2,1-3H3,(H,38,39)(H2,34,35,36,37). The molecular formula is C28H30ClF3N6O2. The van der Waals surface area contributed by atoms with Crippen molar-refractivity contribution in [3.63, 3.8) is 0 Å². The minimum absolute atomic E-state index is 0.0892. The number of alkyl halides is 3. The molecule has 1 aliphatic heterocycles. The van der Waals surface area contributed by atoms with Gasteiger partial charge >= 0.3 is 6.18 Å². The number of anilines is 3. The fraction of sp³-hybridized carbons (Fsp3) is 0.321. The maximum atomic E-state index is 12.6. The van der Waals surface area contributed by atoms with Gasteiger partial charge in [0.05, 0.1) is 17.1 Å². The summed E-state index contributed by atoms with van der Waals surface area (Å²) in [5, 5.41) is 12.1. The number of halogens is 4. The van der Waals surface area contributed by atoms with Crippen LogP contribution in [-0.2, 0) is 0 Å². The summed E-state index contributed by atoms with van der Waals surface area (Å²) < 4.78 is 43.6. The highest BCUT2D eigenvalue weighted by Crippen LogP contribution is 2.34. The van der Waals surface area contributed by atoms with Gasteiger partial charge in [-0.3, -0.25) is 4.79 Å². The molecule has 0 atom stereocenters. The quantitative estimate of drug-likeness (QED) is 0.242. The van der Waals surface area contributed by atoms with Gasteiger partial charge in [-0.25, -0.2) is 9.97 Å². The van der Waals surface area contributed by atoms with Crippen molar-refractivity contribution >= 4 is 40.9 Å². The molecule has 40 heavy (non-hydrogen) atoms. The van der Waals surface area contributed by atoms with E-state index in [2.05, 4.69) is 31.2 Å². The van der Waals surface area contributed by atoms with Crippen molar-refractivity contribution < 1.29 is 22.7 Å². The van der Waals surface area contributed by atoms with E-state index in [1.54, 1.807) is 48.5 Å². The van der Waals surface area contributed by atoms with Crippen molar-refractivity contribution in [2.45, 2.75) is 38.9 Å². The maximum Gasteiger partial charge on any atom is 0.401 e. The molecule has 0 radical (unpaired) electrons. The van der Waals surface area contributed by atoms with E-state index in [0.29, 0.717) is 57.9 Å². The van der Waals surface area contributed by atoms with E-state index in [4.69, 9.17) is 16.3 Å². The lowest BCUT2D eigenvalue weighted by Crippen LogP contribution is -2.40. The number of aromatic nitrogens is 2. The first kappa shape index (κ1) is 29.2. The van der Waals surface area contributed by atoms with Crippen LogP contribution in [0.5, 0.6) is 11.5 Å². The summed E-state index contributed by atoms with van der Waals surface area (Å²) >= 11 is 6.52. The molecule has 0 spiro atoms. The normalized spacial score (nSPS) is 13.4. The van der Waals surface area contributed by atoms with Gasteiger partial charge in [0, 0.05) is 29.9 Å². The Kier molecular flexibility index (Phi) is 8.85. The van der Waals surface area contributed by atoms with Gasteiger partial charge in [0.25, 0.3) is 5.91 Å². The van der Waals surface area contributed by atoms with Crippen LogP contribution in [-0.4, -0.2) is 47.2 Å². The Morgan fingerprint density at radius 3 is 2.65 bits per heavy atom. The SMILES string of the molecule is CC(C)(C)NC(=O)c1cccc(Oc2ccc(Nc3ncnc4c3C=C(CNCC(F)(F)F)CCN4)cc2Cl)c1. The van der Waals surface area contributed by atoms with Crippen LogP contribution < -0.4 is 26.0 Å². The average Bonchev–Trinajstić information content (AvgIpc) is 3.07. The van der Waals surface area contributed by atoms with Crippen molar-refractivity contribution in [3.05, 3.63) is 70.5 Å². The molecule has 0 unspecified atom stereocenters. The van der Waals surface area contributed by atoms with E-state index in [0.717, 1.165) is 5.57 Å². The van der Waals surface area contributed by atoms with Crippen LogP contribution in [0.15, 0.2) is 54.4 Å². The number of fused-ring (bicyclic) bond motifs is 1. The van der Waals surface area contributed by atoms with E-state index in [-0.39, 0.29) is 18.0 Å². The highest BCUT2D eigenvalue weighted by Gasteiger charge is 2.26. The van der Waals surface area contributed by atoms with Gasteiger partial charge < -0.3 is 26.0 Å². The Hall–Kier alpha value is -3.83. The van der Waals surface area contributed by atoms with E-state index < -0.39 is 12.7 Å². The van der Waals surface area contributed by atoms with Gasteiger partial charge in [-0.1, -0.05) is 23.2 Å². The van der Waals surface area contributed by atoms with Gasteiger partial charge in [0.15, 0.2) is 0 Å². The predicted molar refractivity (Wildman–Crippen MR) is 151 cm³/mol. The van der Waals surface area contributed by atoms with Crippen molar-refractivity contribution in [2.24, 2.45) is 0 Å². The lowest BCUT2D eigenvalue weighted by Gasteiger charge is -2.20. The van der Waals surface area contributed by atoms with Crippen molar-refractivity contribution in [1.82, 2.24) is 20.6 Å². The number of benzene rings is 2. The number of hydrogen-bond acceptors (Lipinski definition) is 7. The molecule has 4 N–H and O–H groups in total. The first-order valence-electron chi connectivity index (χ1n) is 12.6. The summed E-state index contributed by atoms with van der Waals surface area (Å²) in [7, 11) is 0. The number of amides is 1. The topological polar surface area (TPSA) is 100 Å². The van der Waals surface area contributed by atoms with Gasteiger partial charge in [-0.05, 0) is 69.7 Å². The van der Waals surface area contributed by atoms with E-state index in [1.165, 1.54) is 6.33 Å². The molecule has 0 bridgehead atoms. The molecule has 1 aliphatic rings. The van der Waals surface area contributed by atoms with Crippen molar-refractivity contribution in [3.8, 4) is 11.5 Å². The molecular weight excluding hydrogens is 545 g/mol. The summed E-state index contributed by atoms with van der Waals surface area (Å²) in [4.78, 5) is 21.1. The third kappa shape index (κ3) is 8.33. The van der Waals surface area contributed by atoms with Crippen LogP contribution in [0.3, 0.4) is 0 Å². The highest BCUT2D eigenvalue weighted by molar-refractivity contribution is 6.32. The van der Waals surface area contributed by atoms with E-state index in [1.807, 2.05) is 20.8 Å². The second-order valence-corrected chi connectivity index (χ2v) is 10.7. The average molecular weight is 575 g/mol. The molecule has 1 amide bonds. The minimum atomic E-state index is -4.28. The highest BCUT2D eigenvalue weighted by atomic mass is 35.5. The fourth-order valence-electron chi connectivity index (χ4n) is 3.93. The van der Waals surface area contributed by atoms with Crippen LogP contribution in [0.1, 0.15) is 43.1 Å². The van der Waals surface area contributed by atoms with Gasteiger partial charge in [0.1, 0.15) is 29.5 Å². The number of nitrogens with one attached hydrogen (secondary N) is 4. The monoisotopic (exact) mass is 574 g/mol. The third-order valence-electron chi connectivity index (χ3n) is 5.66. The number of carbonyl (C=O) groups excluding carboxylic acids is 1. The second kappa shape index (κ2) is 12.1. The lowest BCUT2D eigenvalue weighted by atomic mass is 10.1. The Bertz CT molecular complexity index is 1410. The Balaban J connectivity index is 1.49. The molecule has 12 heteroatoms. The molecule has 0 saturated carbocycles. The molecule has 3 aromatic rings. The third-order valence-corrected chi connectivity index (χ3v) is 5.95. The second-order valence-electron chi connectivity index (χ2n) is 10.3. The summed E-state index contributed by atoms with van der Waals surface area (Å²) in [5.74, 6) is 1.67. The smallest absolute Gasteiger partial charge is 0.401 e. The summed E-state index contributed by atoms with van der Waals surface area (Å²) in [6.45, 7) is 5.26. The van der Waals surface area contributed by atoms with Gasteiger partial charge in [-0.15, -0.1) is 0 Å². The maximum absolute atomic E-state index is 12.6. The molecule has 0 aliphatic carbocycles. The zero-order valence-electron chi connectivity index (χ0n) is 22.2. The predicted octanol–water partition coefficient (Wildman–Crippen LogP) is 6.55. The number of rotatable bonds is 8. The Labute approximate surface area is 235 Å². The Morgan fingerprint density at radius 1 is 1.12 bits per heavy atom. The molecule has 212 valence electrons. The fourth-order valence-corrected chi connectivity index (χ4v) is 4.15. The zero-order valence-corrected chi connectivity index (χ0v) is 23.0. The zero-order chi connectivity index (χ0) is 28.9. The van der Waals surface area contributed by atoms with Crippen LogP contribution in [0.2, 0.25) is 5.02 Å². The molecule has 8 nitrogen and oxygen atoms in total. The van der Waals surface area contributed by atoms with Crippen LogP contribution >= 0.6 is 11.6 Å². The minimum Gasteiger partial charge on any atom is -0.456 e. The molecule has 0 saturated heterocycles. The molecule has 2 aromatic carbocycles. The van der Waals surface area contributed by atoms with E-state index in [9.17, 15) is 18.0 Å². The van der Waals surface area contributed by atoms with E-state index >= 15 is 0 Å². The number of carbonyl (C=O) groups is 1. The lowest BCUT2D eigenvalue weighted by molar-refractivity contribution is -0.124. The first-order chi connectivity index (χ1) is 18.9. The molecule has 2 heterocycles. The molecule has 0 fully saturated rings. The first-order valence-corrected chi connectivity index (χ1v) is 13.0. The number of ether oxygens (including phenoxy) is 1. The largest absolute Gasteiger partial charge is 0.456 e. The number of nitrogens with zero attached hydrogens (tertiary/aromatic N) is 2. The summed E-state index contributed by atoms with van der Waals surface area (Å²) in [5.41, 5.74) is 2.12. The van der Waals surface area contributed by atoms with Crippen molar-refractivity contribution in [1.29, 1.82) is 0 Å². The molecule has 4 rings (SSSR count). The van der Waals surface area contributed by atoms with Crippen molar-refractivity contribution in [2.75, 3.05) is 30.3 Å². The molecule has 1 aromatic heterocycles.